The van der Waals surface area contributed by atoms with Crippen molar-refractivity contribution in [1.82, 2.24) is 10.3 Å². The highest BCUT2D eigenvalue weighted by Gasteiger charge is 2.01. The smallest absolute Gasteiger partial charge is 0.170 e. The molecule has 0 bridgehead atoms. The Morgan fingerprint density at radius 2 is 1.77 bits per heavy atom. The van der Waals surface area contributed by atoms with Crippen molar-refractivity contribution in [2.24, 2.45) is 5.92 Å². The van der Waals surface area contributed by atoms with Crippen molar-refractivity contribution in [3.05, 3.63) is 48.2 Å². The van der Waals surface area contributed by atoms with Crippen molar-refractivity contribution in [2.45, 2.75) is 20.8 Å². The summed E-state index contributed by atoms with van der Waals surface area (Å²) in [6, 6.07) is 12.1. The molecule has 0 aliphatic rings. The van der Waals surface area contributed by atoms with E-state index in [0.29, 0.717) is 11.0 Å². The fourth-order valence-electron chi connectivity index (χ4n) is 1.80. The zero-order chi connectivity index (χ0) is 15.9. The fraction of sp³-hybridized carbons (Fsp3) is 0.294. The van der Waals surface area contributed by atoms with Gasteiger partial charge in [0.15, 0.2) is 5.11 Å². The number of rotatable bonds is 5. The number of hydrogen-bond acceptors (Lipinski definition) is 3. The molecule has 0 saturated heterocycles. The molecule has 22 heavy (non-hydrogen) atoms. The number of thiocarbonyl (C=S) groups is 1. The van der Waals surface area contributed by atoms with Gasteiger partial charge in [0.05, 0.1) is 11.9 Å². The molecule has 2 rings (SSSR count). The summed E-state index contributed by atoms with van der Waals surface area (Å²) < 4.78 is 0. The molecular formula is C17H22N4S. The lowest BCUT2D eigenvalue weighted by molar-refractivity contribution is 0.627. The lowest BCUT2D eigenvalue weighted by atomic mass is 10.2. The lowest BCUT2D eigenvalue weighted by Gasteiger charge is -2.12. The number of hydrogen-bond donors (Lipinski definition) is 3. The maximum Gasteiger partial charge on any atom is 0.170 e. The van der Waals surface area contributed by atoms with Crippen LogP contribution in [-0.2, 0) is 0 Å². The third-order valence-electron chi connectivity index (χ3n) is 3.02. The van der Waals surface area contributed by atoms with E-state index >= 15 is 0 Å². The lowest BCUT2D eigenvalue weighted by Crippen LogP contribution is -2.31. The largest absolute Gasteiger partial charge is 0.362 e. The van der Waals surface area contributed by atoms with E-state index in [-0.39, 0.29) is 0 Å². The molecule has 5 heteroatoms. The van der Waals surface area contributed by atoms with Gasteiger partial charge < -0.3 is 16.0 Å². The minimum absolute atomic E-state index is 0.555. The van der Waals surface area contributed by atoms with Gasteiger partial charge in [0.25, 0.3) is 0 Å². The molecule has 0 atom stereocenters. The number of aromatic nitrogens is 1. The third-order valence-corrected chi connectivity index (χ3v) is 3.26. The van der Waals surface area contributed by atoms with Crippen LogP contribution < -0.4 is 16.0 Å². The van der Waals surface area contributed by atoms with Crippen LogP contribution in [0, 0.1) is 12.8 Å². The van der Waals surface area contributed by atoms with Crippen LogP contribution in [0.4, 0.5) is 17.2 Å². The molecule has 0 aliphatic carbocycles. The highest BCUT2D eigenvalue weighted by molar-refractivity contribution is 7.80. The molecule has 0 spiro atoms. The molecule has 0 unspecified atom stereocenters. The quantitative estimate of drug-likeness (QED) is 0.726. The maximum atomic E-state index is 5.24. The van der Waals surface area contributed by atoms with E-state index in [4.69, 9.17) is 12.2 Å². The monoisotopic (exact) mass is 314 g/mol. The normalized spacial score (nSPS) is 10.4. The van der Waals surface area contributed by atoms with E-state index in [0.717, 1.165) is 23.7 Å². The number of benzene rings is 1. The SMILES string of the molecule is Cc1ccc(Nc2ccc(NC(=S)NCC(C)C)cn2)cc1. The van der Waals surface area contributed by atoms with Crippen molar-refractivity contribution >= 4 is 34.5 Å². The second-order valence-corrected chi connectivity index (χ2v) is 6.06. The van der Waals surface area contributed by atoms with Crippen molar-refractivity contribution in [1.29, 1.82) is 0 Å². The summed E-state index contributed by atoms with van der Waals surface area (Å²) >= 11 is 5.24. The van der Waals surface area contributed by atoms with E-state index in [9.17, 15) is 0 Å². The highest BCUT2D eigenvalue weighted by atomic mass is 32.1. The van der Waals surface area contributed by atoms with E-state index in [1.165, 1.54) is 5.56 Å². The Bertz CT molecular complexity index is 606. The molecule has 3 N–H and O–H groups in total. The van der Waals surface area contributed by atoms with E-state index in [1.54, 1.807) is 6.20 Å². The first-order chi connectivity index (χ1) is 10.5. The Morgan fingerprint density at radius 1 is 1.09 bits per heavy atom. The van der Waals surface area contributed by atoms with Gasteiger partial charge in [0, 0.05) is 12.2 Å². The average Bonchev–Trinajstić information content (AvgIpc) is 2.49. The minimum Gasteiger partial charge on any atom is -0.362 e. The molecule has 1 aromatic heterocycles. The van der Waals surface area contributed by atoms with Crippen LogP contribution in [0.1, 0.15) is 19.4 Å². The van der Waals surface area contributed by atoms with Crippen LogP contribution in [-0.4, -0.2) is 16.6 Å². The number of aryl methyl sites for hydroxylation is 1. The van der Waals surface area contributed by atoms with Crippen LogP contribution in [0.15, 0.2) is 42.6 Å². The van der Waals surface area contributed by atoms with Crippen LogP contribution in [0.2, 0.25) is 0 Å². The van der Waals surface area contributed by atoms with Gasteiger partial charge in [-0.15, -0.1) is 0 Å². The highest BCUT2D eigenvalue weighted by Crippen LogP contribution is 2.16. The van der Waals surface area contributed by atoms with Crippen molar-refractivity contribution in [2.75, 3.05) is 17.2 Å². The van der Waals surface area contributed by atoms with Gasteiger partial charge in [-0.3, -0.25) is 0 Å². The number of nitrogens with zero attached hydrogens (tertiary/aromatic N) is 1. The molecule has 0 fully saturated rings. The first kappa shape index (κ1) is 16.2. The van der Waals surface area contributed by atoms with Crippen LogP contribution in [0.25, 0.3) is 0 Å². The van der Waals surface area contributed by atoms with Gasteiger partial charge in [-0.2, -0.15) is 0 Å². The number of anilines is 3. The Kier molecular flexibility index (Phi) is 5.72. The molecule has 0 radical (unpaired) electrons. The Labute approximate surface area is 137 Å². The fourth-order valence-corrected chi connectivity index (χ4v) is 2.00. The predicted molar refractivity (Wildman–Crippen MR) is 97.8 cm³/mol. The van der Waals surface area contributed by atoms with Gasteiger partial charge in [-0.05, 0) is 49.3 Å². The standard InChI is InChI=1S/C17H22N4S/c1-12(2)10-19-17(22)21-15-8-9-16(18-11-15)20-14-6-4-13(3)5-7-14/h4-9,11-12H,10H2,1-3H3,(H,18,20)(H2,19,21,22). The average molecular weight is 314 g/mol. The first-order valence-electron chi connectivity index (χ1n) is 7.37. The third kappa shape index (κ3) is 5.33. The molecule has 1 aromatic carbocycles. The van der Waals surface area contributed by atoms with Crippen LogP contribution >= 0.6 is 12.2 Å². The van der Waals surface area contributed by atoms with Crippen molar-refractivity contribution in [3.63, 3.8) is 0 Å². The van der Waals surface area contributed by atoms with Gasteiger partial charge in [0.2, 0.25) is 0 Å². The van der Waals surface area contributed by atoms with Crippen molar-refractivity contribution < 1.29 is 0 Å². The second-order valence-electron chi connectivity index (χ2n) is 5.65. The van der Waals surface area contributed by atoms with Crippen LogP contribution in [0.5, 0.6) is 0 Å². The molecule has 116 valence electrons. The molecule has 2 aromatic rings. The molecule has 0 aliphatic heterocycles. The summed E-state index contributed by atoms with van der Waals surface area (Å²) in [4.78, 5) is 4.38. The Morgan fingerprint density at radius 3 is 2.36 bits per heavy atom. The topological polar surface area (TPSA) is 49.0 Å². The second kappa shape index (κ2) is 7.75. The molecule has 4 nitrogen and oxygen atoms in total. The Balaban J connectivity index is 1.90. The molecule has 0 amide bonds. The summed E-state index contributed by atoms with van der Waals surface area (Å²) in [6.07, 6.45) is 1.76. The van der Waals surface area contributed by atoms with Crippen LogP contribution in [0.3, 0.4) is 0 Å². The zero-order valence-electron chi connectivity index (χ0n) is 13.2. The predicted octanol–water partition coefficient (Wildman–Crippen LogP) is 4.08. The van der Waals surface area contributed by atoms with Gasteiger partial charge in [-0.25, -0.2) is 4.98 Å². The Hall–Kier alpha value is -2.14. The van der Waals surface area contributed by atoms with Gasteiger partial charge in [-0.1, -0.05) is 31.5 Å². The van der Waals surface area contributed by atoms with E-state index in [1.807, 2.05) is 24.3 Å². The summed E-state index contributed by atoms with van der Waals surface area (Å²) in [5.41, 5.74) is 3.13. The summed E-state index contributed by atoms with van der Waals surface area (Å²) in [5.74, 6) is 1.36. The maximum absolute atomic E-state index is 5.24. The first-order valence-corrected chi connectivity index (χ1v) is 7.78. The minimum atomic E-state index is 0.555. The summed E-state index contributed by atoms with van der Waals surface area (Å²) in [7, 11) is 0. The molecular weight excluding hydrogens is 292 g/mol. The van der Waals surface area contributed by atoms with Crippen molar-refractivity contribution in [3.8, 4) is 0 Å². The number of pyridine rings is 1. The molecule has 0 saturated carbocycles. The summed E-state index contributed by atoms with van der Waals surface area (Å²) in [6.45, 7) is 7.20. The van der Waals surface area contributed by atoms with Gasteiger partial charge >= 0.3 is 0 Å². The summed E-state index contributed by atoms with van der Waals surface area (Å²) in [5, 5.41) is 10.2. The van der Waals surface area contributed by atoms with Gasteiger partial charge in [0.1, 0.15) is 5.82 Å². The zero-order valence-corrected chi connectivity index (χ0v) is 14.0. The number of nitrogens with one attached hydrogen (secondary N) is 3. The van der Waals surface area contributed by atoms with E-state index in [2.05, 4.69) is 53.8 Å². The van der Waals surface area contributed by atoms with E-state index < -0.39 is 0 Å². The molecule has 1 heterocycles.